The molecule has 1 N–H and O–H groups in total. The number of nitro groups is 1. The number of hydrogen-bond acceptors (Lipinski definition) is 7. The van der Waals surface area contributed by atoms with Crippen LogP contribution >= 0.6 is 11.3 Å². The zero-order valence-electron chi connectivity index (χ0n) is 14.8. The molecule has 1 saturated heterocycles. The zero-order valence-corrected chi connectivity index (χ0v) is 16.5. The van der Waals surface area contributed by atoms with Crippen LogP contribution in [0.5, 0.6) is 0 Å². The molecule has 0 aliphatic carbocycles. The molecule has 1 aliphatic heterocycles. The van der Waals surface area contributed by atoms with Crippen molar-refractivity contribution < 1.29 is 18.1 Å². The third-order valence-electron chi connectivity index (χ3n) is 4.55. The Labute approximate surface area is 162 Å². The average molecular weight is 412 g/mol. The molecular formula is C17H21N3O5S2. The van der Waals surface area contributed by atoms with Crippen LogP contribution in [0, 0.1) is 17.0 Å². The number of hydrogen-bond donors (Lipinski definition) is 1. The third kappa shape index (κ3) is 4.71. The van der Waals surface area contributed by atoms with E-state index in [2.05, 4.69) is 9.62 Å². The first-order chi connectivity index (χ1) is 12.9. The average Bonchev–Trinajstić information content (AvgIpc) is 3.17. The van der Waals surface area contributed by atoms with Crippen molar-refractivity contribution >= 4 is 27.0 Å². The van der Waals surface area contributed by atoms with E-state index in [9.17, 15) is 18.5 Å². The quantitative estimate of drug-likeness (QED) is 0.554. The lowest BCUT2D eigenvalue weighted by Gasteiger charge is -2.34. The minimum absolute atomic E-state index is 0.0669. The van der Waals surface area contributed by atoms with E-state index < -0.39 is 14.9 Å². The summed E-state index contributed by atoms with van der Waals surface area (Å²) in [5.74, 6) is 0. The maximum Gasteiger partial charge on any atom is 0.270 e. The topological polar surface area (TPSA) is 102 Å². The van der Waals surface area contributed by atoms with Crippen LogP contribution in [0.1, 0.15) is 17.2 Å². The number of ether oxygens (including phenoxy) is 1. The molecule has 2 aromatic rings. The predicted molar refractivity (Wildman–Crippen MR) is 102 cm³/mol. The van der Waals surface area contributed by atoms with Gasteiger partial charge in [0.2, 0.25) is 10.0 Å². The smallest absolute Gasteiger partial charge is 0.270 e. The highest BCUT2D eigenvalue weighted by Gasteiger charge is 2.26. The van der Waals surface area contributed by atoms with Gasteiger partial charge in [0, 0.05) is 37.8 Å². The van der Waals surface area contributed by atoms with Crippen LogP contribution in [0.2, 0.25) is 0 Å². The van der Waals surface area contributed by atoms with Gasteiger partial charge in [-0.2, -0.15) is 11.3 Å². The Morgan fingerprint density at radius 2 is 2.07 bits per heavy atom. The van der Waals surface area contributed by atoms with Gasteiger partial charge in [0.25, 0.3) is 5.69 Å². The van der Waals surface area contributed by atoms with Crippen molar-refractivity contribution in [2.24, 2.45) is 0 Å². The molecule has 1 fully saturated rings. The van der Waals surface area contributed by atoms with E-state index in [1.165, 1.54) is 12.1 Å². The monoisotopic (exact) mass is 411 g/mol. The minimum atomic E-state index is -3.88. The second-order valence-electron chi connectivity index (χ2n) is 6.28. The van der Waals surface area contributed by atoms with Gasteiger partial charge in [0.15, 0.2) is 0 Å². The van der Waals surface area contributed by atoms with Crippen LogP contribution < -0.4 is 4.72 Å². The first-order valence-corrected chi connectivity index (χ1v) is 10.9. The van der Waals surface area contributed by atoms with Crippen molar-refractivity contribution in [2.75, 3.05) is 32.8 Å². The molecule has 146 valence electrons. The first-order valence-electron chi connectivity index (χ1n) is 8.47. The maximum absolute atomic E-state index is 12.8. The predicted octanol–water partition coefficient (Wildman–Crippen LogP) is 2.32. The molecule has 10 heteroatoms. The van der Waals surface area contributed by atoms with E-state index in [0.29, 0.717) is 18.8 Å². The number of thiophene rings is 1. The van der Waals surface area contributed by atoms with Crippen molar-refractivity contribution in [3.63, 3.8) is 0 Å². The third-order valence-corrected chi connectivity index (χ3v) is 6.82. The molecule has 0 radical (unpaired) electrons. The number of rotatable bonds is 7. The van der Waals surface area contributed by atoms with Crippen LogP contribution in [0.25, 0.3) is 0 Å². The van der Waals surface area contributed by atoms with E-state index in [-0.39, 0.29) is 23.2 Å². The minimum Gasteiger partial charge on any atom is -0.379 e. The fourth-order valence-electron chi connectivity index (χ4n) is 3.07. The molecule has 27 heavy (non-hydrogen) atoms. The Balaban J connectivity index is 1.82. The highest BCUT2D eigenvalue weighted by molar-refractivity contribution is 7.89. The largest absolute Gasteiger partial charge is 0.379 e. The summed E-state index contributed by atoms with van der Waals surface area (Å²) in [6.45, 7) is 4.46. The summed E-state index contributed by atoms with van der Waals surface area (Å²) < 4.78 is 33.7. The number of nitrogens with zero attached hydrogens (tertiary/aromatic N) is 2. The van der Waals surface area contributed by atoms with Gasteiger partial charge in [0.05, 0.1) is 23.0 Å². The molecule has 0 saturated carbocycles. The Morgan fingerprint density at radius 3 is 2.70 bits per heavy atom. The van der Waals surface area contributed by atoms with E-state index in [0.717, 1.165) is 24.7 Å². The second kappa shape index (κ2) is 8.44. The van der Waals surface area contributed by atoms with E-state index >= 15 is 0 Å². The summed E-state index contributed by atoms with van der Waals surface area (Å²) >= 11 is 1.56. The lowest BCUT2D eigenvalue weighted by Crippen LogP contribution is -2.43. The molecule has 8 nitrogen and oxygen atoms in total. The summed E-state index contributed by atoms with van der Waals surface area (Å²) in [6, 6.07) is 5.72. The van der Waals surface area contributed by atoms with Crippen LogP contribution in [0.15, 0.2) is 39.9 Å². The van der Waals surface area contributed by atoms with Crippen LogP contribution in [-0.2, 0) is 14.8 Å². The first kappa shape index (κ1) is 19.9. The Bertz CT molecular complexity index is 893. The number of morpholine rings is 1. The number of sulfonamides is 1. The molecule has 0 amide bonds. The van der Waals surface area contributed by atoms with Gasteiger partial charge in [-0.05, 0) is 34.9 Å². The molecular weight excluding hydrogens is 390 g/mol. The SMILES string of the molecule is Cc1ccc([N+](=O)[O-])cc1S(=O)(=O)NCC(c1ccsc1)N1CCOCC1. The summed E-state index contributed by atoms with van der Waals surface area (Å²) in [5.41, 5.74) is 1.26. The Morgan fingerprint density at radius 1 is 1.33 bits per heavy atom. The van der Waals surface area contributed by atoms with Gasteiger partial charge in [-0.3, -0.25) is 15.0 Å². The van der Waals surface area contributed by atoms with Crippen molar-refractivity contribution in [1.82, 2.24) is 9.62 Å². The highest BCUT2D eigenvalue weighted by Crippen LogP contribution is 2.25. The molecule has 1 unspecified atom stereocenters. The number of nitro benzene ring substituents is 1. The fraction of sp³-hybridized carbons (Fsp3) is 0.412. The van der Waals surface area contributed by atoms with Gasteiger partial charge < -0.3 is 4.74 Å². The second-order valence-corrected chi connectivity index (χ2v) is 8.80. The van der Waals surface area contributed by atoms with Crippen LogP contribution in [-0.4, -0.2) is 51.1 Å². The van der Waals surface area contributed by atoms with E-state index in [1.807, 2.05) is 16.8 Å². The lowest BCUT2D eigenvalue weighted by atomic mass is 10.1. The Kier molecular flexibility index (Phi) is 6.22. The number of non-ortho nitro benzene ring substituents is 1. The van der Waals surface area contributed by atoms with E-state index in [4.69, 9.17) is 4.74 Å². The van der Waals surface area contributed by atoms with Gasteiger partial charge in [0.1, 0.15) is 0 Å². The molecule has 1 atom stereocenters. The summed E-state index contributed by atoms with van der Waals surface area (Å²) in [7, 11) is -3.88. The summed E-state index contributed by atoms with van der Waals surface area (Å²) in [6.07, 6.45) is 0. The van der Waals surface area contributed by atoms with Crippen LogP contribution in [0.3, 0.4) is 0 Å². The molecule has 3 rings (SSSR count). The number of benzene rings is 1. The Hall–Kier alpha value is -1.85. The summed E-state index contributed by atoms with van der Waals surface area (Å²) in [4.78, 5) is 12.5. The highest BCUT2D eigenvalue weighted by atomic mass is 32.2. The normalized spacial score (nSPS) is 16.9. The van der Waals surface area contributed by atoms with Gasteiger partial charge in [-0.1, -0.05) is 6.07 Å². The van der Waals surface area contributed by atoms with Gasteiger partial charge in [-0.25, -0.2) is 13.1 Å². The van der Waals surface area contributed by atoms with Gasteiger partial charge >= 0.3 is 0 Å². The molecule has 0 bridgehead atoms. The maximum atomic E-state index is 12.8. The van der Waals surface area contributed by atoms with E-state index in [1.54, 1.807) is 18.3 Å². The molecule has 0 spiro atoms. The standard InChI is InChI=1S/C17H21N3O5S2/c1-13-2-3-15(20(21)22)10-17(13)27(23,24)18-11-16(14-4-9-26-12-14)19-5-7-25-8-6-19/h2-4,9-10,12,16,18H,5-8,11H2,1H3. The molecule has 2 heterocycles. The van der Waals surface area contributed by atoms with Gasteiger partial charge in [-0.15, -0.1) is 0 Å². The molecule has 1 aliphatic rings. The number of nitrogens with one attached hydrogen (secondary N) is 1. The zero-order chi connectivity index (χ0) is 19.4. The van der Waals surface area contributed by atoms with Crippen LogP contribution in [0.4, 0.5) is 5.69 Å². The molecule has 1 aromatic heterocycles. The fourth-order valence-corrected chi connectivity index (χ4v) is 5.08. The summed E-state index contributed by atoms with van der Waals surface area (Å²) in [5, 5.41) is 15.0. The van der Waals surface area contributed by atoms with Crippen molar-refractivity contribution in [3.8, 4) is 0 Å². The van der Waals surface area contributed by atoms with Crippen molar-refractivity contribution in [1.29, 1.82) is 0 Å². The van der Waals surface area contributed by atoms with Crippen molar-refractivity contribution in [2.45, 2.75) is 17.9 Å². The lowest BCUT2D eigenvalue weighted by molar-refractivity contribution is -0.385. The number of aryl methyl sites for hydroxylation is 1. The van der Waals surface area contributed by atoms with Crippen molar-refractivity contribution in [3.05, 3.63) is 56.3 Å². The molecule has 1 aromatic carbocycles.